The maximum absolute atomic E-state index is 6.22. The number of nitrogens with two attached hydrogens (primary N) is 1. The molecule has 0 amide bonds. The molecule has 0 spiro atoms. The quantitative estimate of drug-likeness (QED) is 0.920. The number of aryl methyl sites for hydroxylation is 2. The van der Waals surface area contributed by atoms with Crippen LogP contribution in [0, 0.1) is 6.92 Å². The first-order valence-corrected chi connectivity index (χ1v) is 7.29. The lowest BCUT2D eigenvalue weighted by Gasteiger charge is -2.32. The normalized spacial score (nSPS) is 25.0. The summed E-state index contributed by atoms with van der Waals surface area (Å²) in [6, 6.07) is 0.0492. The van der Waals surface area contributed by atoms with Crippen molar-refractivity contribution in [3.63, 3.8) is 0 Å². The van der Waals surface area contributed by atoms with Crippen LogP contribution in [0.25, 0.3) is 5.69 Å². The summed E-state index contributed by atoms with van der Waals surface area (Å²) in [6.45, 7) is 1.91. The number of nitrogens with zero attached hydrogens (tertiary/aromatic N) is 5. The minimum Gasteiger partial charge on any atom is -0.380 e. The van der Waals surface area contributed by atoms with Crippen molar-refractivity contribution >= 4 is 12.4 Å². The van der Waals surface area contributed by atoms with Gasteiger partial charge in [-0.05, 0) is 26.2 Å². The summed E-state index contributed by atoms with van der Waals surface area (Å²) in [5.41, 5.74) is 7.16. The molecule has 2 aromatic rings. The van der Waals surface area contributed by atoms with Crippen LogP contribution < -0.4 is 5.73 Å². The van der Waals surface area contributed by atoms with Gasteiger partial charge in [-0.1, -0.05) is 0 Å². The minimum atomic E-state index is 0. The molecule has 122 valence electrons. The van der Waals surface area contributed by atoms with Crippen LogP contribution in [-0.4, -0.2) is 43.8 Å². The lowest BCUT2D eigenvalue weighted by molar-refractivity contribution is 0.0482. The number of aromatic nitrogens is 5. The van der Waals surface area contributed by atoms with E-state index < -0.39 is 0 Å². The Labute approximate surface area is 136 Å². The van der Waals surface area contributed by atoms with Crippen LogP contribution in [0.4, 0.5) is 0 Å². The number of hydrogen-bond donors (Lipinski definition) is 1. The molecule has 1 aliphatic carbocycles. The molecule has 7 nitrogen and oxygen atoms in total. The van der Waals surface area contributed by atoms with Gasteiger partial charge >= 0.3 is 0 Å². The van der Waals surface area contributed by atoms with Crippen molar-refractivity contribution in [3.8, 4) is 5.69 Å². The Morgan fingerprint density at radius 1 is 1.36 bits per heavy atom. The second-order valence-corrected chi connectivity index (χ2v) is 5.75. The average molecular weight is 327 g/mol. The molecule has 0 bridgehead atoms. The van der Waals surface area contributed by atoms with Gasteiger partial charge in [0.2, 0.25) is 0 Å². The third-order valence-electron chi connectivity index (χ3n) is 4.18. The molecule has 3 atom stereocenters. The average Bonchev–Trinajstić information content (AvgIpc) is 3.04. The van der Waals surface area contributed by atoms with Crippen molar-refractivity contribution in [2.24, 2.45) is 12.8 Å². The third-order valence-corrected chi connectivity index (χ3v) is 4.18. The van der Waals surface area contributed by atoms with Gasteiger partial charge in [-0.2, -0.15) is 10.2 Å². The Balaban J connectivity index is 0.00000176. The highest BCUT2D eigenvalue weighted by molar-refractivity contribution is 5.85. The topological polar surface area (TPSA) is 83.8 Å². The van der Waals surface area contributed by atoms with Crippen molar-refractivity contribution in [3.05, 3.63) is 24.0 Å². The summed E-state index contributed by atoms with van der Waals surface area (Å²) < 4.78 is 9.09. The lowest BCUT2D eigenvalue weighted by Crippen LogP contribution is -2.41. The standard InChI is InChI=1S/C14H22N6O.ClH/c1-9-17-14(10-4-5-13(21-3)12(15)6-10)20(18-9)11-7-16-19(2)8-11;/h7-8,10,12-13H,4-6,15H2,1-3H3;1H/t10-,12+,13+;/m0./s1. The molecule has 0 saturated heterocycles. The van der Waals surface area contributed by atoms with Gasteiger partial charge in [0, 0.05) is 26.1 Å². The second-order valence-electron chi connectivity index (χ2n) is 5.75. The fourth-order valence-corrected chi connectivity index (χ4v) is 3.11. The number of halogens is 1. The van der Waals surface area contributed by atoms with Crippen molar-refractivity contribution in [1.82, 2.24) is 24.5 Å². The van der Waals surface area contributed by atoms with E-state index in [-0.39, 0.29) is 24.6 Å². The maximum atomic E-state index is 6.22. The van der Waals surface area contributed by atoms with Crippen LogP contribution in [0.2, 0.25) is 0 Å². The van der Waals surface area contributed by atoms with Gasteiger partial charge in [-0.3, -0.25) is 4.68 Å². The van der Waals surface area contributed by atoms with Gasteiger partial charge in [-0.15, -0.1) is 12.4 Å². The zero-order chi connectivity index (χ0) is 15.0. The van der Waals surface area contributed by atoms with E-state index in [9.17, 15) is 0 Å². The van der Waals surface area contributed by atoms with Crippen molar-refractivity contribution in [1.29, 1.82) is 0 Å². The van der Waals surface area contributed by atoms with E-state index >= 15 is 0 Å². The van der Waals surface area contributed by atoms with E-state index in [2.05, 4.69) is 15.2 Å². The Morgan fingerprint density at radius 2 is 2.14 bits per heavy atom. The molecule has 1 saturated carbocycles. The molecule has 3 rings (SSSR count). The first-order valence-electron chi connectivity index (χ1n) is 7.29. The van der Waals surface area contributed by atoms with Crippen LogP contribution in [0.5, 0.6) is 0 Å². The molecule has 0 unspecified atom stereocenters. The summed E-state index contributed by atoms with van der Waals surface area (Å²) >= 11 is 0. The maximum Gasteiger partial charge on any atom is 0.148 e. The van der Waals surface area contributed by atoms with Gasteiger partial charge < -0.3 is 10.5 Å². The molecule has 2 aromatic heterocycles. The minimum absolute atomic E-state index is 0. The summed E-state index contributed by atoms with van der Waals surface area (Å²) in [5, 5.41) is 8.73. The van der Waals surface area contributed by atoms with E-state index in [0.29, 0.717) is 5.92 Å². The Bertz CT molecular complexity index is 625. The van der Waals surface area contributed by atoms with Crippen molar-refractivity contribution in [2.45, 2.75) is 44.2 Å². The molecule has 2 N–H and O–H groups in total. The molecular formula is C14H23ClN6O. The predicted molar refractivity (Wildman–Crippen MR) is 85.5 cm³/mol. The van der Waals surface area contributed by atoms with Crippen LogP contribution in [0.3, 0.4) is 0 Å². The fraction of sp³-hybridized carbons (Fsp3) is 0.643. The first-order chi connectivity index (χ1) is 10.1. The number of ether oxygens (including phenoxy) is 1. The zero-order valence-electron chi connectivity index (χ0n) is 13.1. The van der Waals surface area contributed by atoms with E-state index in [1.165, 1.54) is 0 Å². The van der Waals surface area contributed by atoms with Crippen molar-refractivity contribution < 1.29 is 4.74 Å². The van der Waals surface area contributed by atoms with E-state index in [4.69, 9.17) is 10.5 Å². The Hall–Kier alpha value is -1.44. The van der Waals surface area contributed by atoms with E-state index in [1.54, 1.807) is 18.0 Å². The summed E-state index contributed by atoms with van der Waals surface area (Å²) in [6.07, 6.45) is 6.75. The van der Waals surface area contributed by atoms with Crippen LogP contribution in [-0.2, 0) is 11.8 Å². The third kappa shape index (κ3) is 3.16. The van der Waals surface area contributed by atoms with E-state index in [1.807, 2.05) is 24.9 Å². The molecule has 0 aliphatic heterocycles. The summed E-state index contributed by atoms with van der Waals surface area (Å²) in [4.78, 5) is 4.62. The molecule has 2 heterocycles. The smallest absolute Gasteiger partial charge is 0.148 e. The van der Waals surface area contributed by atoms with Gasteiger partial charge in [0.15, 0.2) is 0 Å². The van der Waals surface area contributed by atoms with Crippen LogP contribution in [0.1, 0.15) is 36.8 Å². The zero-order valence-corrected chi connectivity index (χ0v) is 14.0. The number of methoxy groups -OCH3 is 1. The summed E-state index contributed by atoms with van der Waals surface area (Å²) in [5.74, 6) is 2.06. The highest BCUT2D eigenvalue weighted by atomic mass is 35.5. The SMILES string of the molecule is CO[C@@H]1CC[C@H](c2nc(C)nn2-c2cnn(C)c2)C[C@H]1N.Cl. The lowest BCUT2D eigenvalue weighted by atomic mass is 9.83. The van der Waals surface area contributed by atoms with Crippen LogP contribution >= 0.6 is 12.4 Å². The van der Waals surface area contributed by atoms with Gasteiger partial charge in [0.25, 0.3) is 0 Å². The molecule has 0 radical (unpaired) electrons. The molecule has 0 aromatic carbocycles. The van der Waals surface area contributed by atoms with Crippen molar-refractivity contribution in [2.75, 3.05) is 7.11 Å². The monoisotopic (exact) mass is 326 g/mol. The Morgan fingerprint density at radius 3 is 2.73 bits per heavy atom. The molecule has 8 heteroatoms. The highest BCUT2D eigenvalue weighted by Crippen LogP contribution is 2.33. The highest BCUT2D eigenvalue weighted by Gasteiger charge is 2.32. The molecular weight excluding hydrogens is 304 g/mol. The van der Waals surface area contributed by atoms with Gasteiger partial charge in [-0.25, -0.2) is 9.67 Å². The first kappa shape index (κ1) is 16.9. The largest absolute Gasteiger partial charge is 0.380 e. The predicted octanol–water partition coefficient (Wildman–Crippen LogP) is 1.34. The summed E-state index contributed by atoms with van der Waals surface area (Å²) in [7, 11) is 3.62. The molecule has 1 fully saturated rings. The molecule has 22 heavy (non-hydrogen) atoms. The number of hydrogen-bond acceptors (Lipinski definition) is 5. The molecule has 1 aliphatic rings. The Kier molecular flexibility index (Phi) is 5.20. The van der Waals surface area contributed by atoms with Crippen LogP contribution in [0.15, 0.2) is 12.4 Å². The van der Waals surface area contributed by atoms with Gasteiger partial charge in [0.05, 0.1) is 18.5 Å². The van der Waals surface area contributed by atoms with E-state index in [0.717, 1.165) is 36.6 Å². The fourth-order valence-electron chi connectivity index (χ4n) is 3.11. The van der Waals surface area contributed by atoms with Gasteiger partial charge in [0.1, 0.15) is 17.3 Å². The second kappa shape index (κ2) is 6.76. The number of rotatable bonds is 3.